The lowest BCUT2D eigenvalue weighted by Gasteiger charge is -2.33. The third-order valence-electron chi connectivity index (χ3n) is 3.59. The fraction of sp³-hybridized carbons (Fsp3) is 0.333. The number of thiazole rings is 1. The quantitative estimate of drug-likeness (QED) is 0.925. The molecule has 3 rings (SSSR count). The van der Waals surface area contributed by atoms with E-state index in [1.807, 2.05) is 41.5 Å². The minimum Gasteiger partial charge on any atom is -0.332 e. The van der Waals surface area contributed by atoms with Crippen molar-refractivity contribution in [2.75, 3.05) is 19.6 Å². The predicted octanol–water partition coefficient (Wildman–Crippen LogP) is 2.90. The highest BCUT2D eigenvalue weighted by molar-refractivity contribution is 7.13. The molecular weight excluding hydrogens is 306 g/mol. The van der Waals surface area contributed by atoms with E-state index in [0.29, 0.717) is 10.7 Å². The van der Waals surface area contributed by atoms with Crippen LogP contribution in [0.3, 0.4) is 0 Å². The lowest BCUT2D eigenvalue weighted by atomic mass is 10.2. The third-order valence-corrected chi connectivity index (χ3v) is 4.79. The van der Waals surface area contributed by atoms with Crippen LogP contribution in [0.1, 0.15) is 17.4 Å². The van der Waals surface area contributed by atoms with Crippen LogP contribution in [0.4, 0.5) is 0 Å². The number of amides is 1. The Morgan fingerprint density at radius 3 is 3.05 bits per heavy atom. The number of piperazine rings is 1. The van der Waals surface area contributed by atoms with Crippen LogP contribution in [0.2, 0.25) is 5.02 Å². The lowest BCUT2D eigenvalue weighted by Crippen LogP contribution is -2.52. The van der Waals surface area contributed by atoms with Crippen molar-refractivity contribution in [2.45, 2.75) is 13.0 Å². The summed E-state index contributed by atoms with van der Waals surface area (Å²) in [5.41, 5.74) is 1.38. The number of rotatable bonds is 2. The van der Waals surface area contributed by atoms with Gasteiger partial charge in [-0.15, -0.1) is 11.3 Å². The van der Waals surface area contributed by atoms with Crippen molar-refractivity contribution in [2.24, 2.45) is 0 Å². The van der Waals surface area contributed by atoms with E-state index >= 15 is 0 Å². The average molecular weight is 322 g/mol. The monoisotopic (exact) mass is 321 g/mol. The number of carbonyl (C=O) groups excluding carboxylic acids is 1. The molecule has 1 saturated heterocycles. The molecule has 1 aromatic carbocycles. The summed E-state index contributed by atoms with van der Waals surface area (Å²) in [5, 5.41) is 6.53. The SMILES string of the molecule is C[C@@H]1CNCCN1C(=O)c1csc(-c2ccccc2Cl)n1. The Hall–Kier alpha value is -1.43. The van der Waals surface area contributed by atoms with Crippen molar-refractivity contribution in [1.82, 2.24) is 15.2 Å². The average Bonchev–Trinajstić information content (AvgIpc) is 2.97. The molecule has 1 fully saturated rings. The highest BCUT2D eigenvalue weighted by atomic mass is 35.5. The first-order valence-electron chi connectivity index (χ1n) is 6.89. The van der Waals surface area contributed by atoms with Crippen molar-refractivity contribution in [3.63, 3.8) is 0 Å². The Balaban J connectivity index is 1.85. The number of carbonyl (C=O) groups is 1. The van der Waals surface area contributed by atoms with Gasteiger partial charge in [0.25, 0.3) is 5.91 Å². The van der Waals surface area contributed by atoms with Crippen LogP contribution >= 0.6 is 22.9 Å². The van der Waals surface area contributed by atoms with Crippen LogP contribution in [-0.2, 0) is 0 Å². The van der Waals surface area contributed by atoms with E-state index in [9.17, 15) is 4.79 Å². The molecule has 1 aliphatic heterocycles. The van der Waals surface area contributed by atoms with Gasteiger partial charge in [0.1, 0.15) is 10.7 Å². The number of hydrogen-bond donors (Lipinski definition) is 1. The molecule has 1 aromatic heterocycles. The molecule has 1 amide bonds. The van der Waals surface area contributed by atoms with Crippen LogP contribution < -0.4 is 5.32 Å². The second kappa shape index (κ2) is 6.13. The summed E-state index contributed by atoms with van der Waals surface area (Å²) < 4.78 is 0. The molecule has 1 atom stereocenters. The van der Waals surface area contributed by atoms with E-state index in [1.54, 1.807) is 0 Å². The number of nitrogens with zero attached hydrogens (tertiary/aromatic N) is 2. The van der Waals surface area contributed by atoms with E-state index in [0.717, 1.165) is 30.2 Å². The van der Waals surface area contributed by atoms with Crippen molar-refractivity contribution < 1.29 is 4.79 Å². The number of nitrogens with one attached hydrogen (secondary N) is 1. The van der Waals surface area contributed by atoms with E-state index in [2.05, 4.69) is 10.3 Å². The highest BCUT2D eigenvalue weighted by Crippen LogP contribution is 2.30. The molecule has 0 aliphatic carbocycles. The van der Waals surface area contributed by atoms with Crippen molar-refractivity contribution in [1.29, 1.82) is 0 Å². The molecule has 2 heterocycles. The van der Waals surface area contributed by atoms with Gasteiger partial charge in [0.15, 0.2) is 0 Å². The molecule has 0 spiro atoms. The van der Waals surface area contributed by atoms with Gasteiger partial charge in [0.05, 0.1) is 5.02 Å². The molecule has 0 saturated carbocycles. The first kappa shape index (κ1) is 14.5. The maximum absolute atomic E-state index is 12.5. The normalized spacial score (nSPS) is 18.8. The van der Waals surface area contributed by atoms with Gasteiger partial charge >= 0.3 is 0 Å². The second-order valence-corrected chi connectivity index (χ2v) is 6.33. The van der Waals surface area contributed by atoms with Crippen LogP contribution in [0.15, 0.2) is 29.6 Å². The Labute approximate surface area is 132 Å². The van der Waals surface area contributed by atoms with Crippen molar-refractivity contribution >= 4 is 28.8 Å². The molecule has 6 heteroatoms. The van der Waals surface area contributed by atoms with E-state index in [-0.39, 0.29) is 11.9 Å². The topological polar surface area (TPSA) is 45.2 Å². The summed E-state index contributed by atoms with van der Waals surface area (Å²) in [4.78, 5) is 18.9. The molecule has 0 bridgehead atoms. The number of halogens is 1. The Kier molecular flexibility index (Phi) is 4.24. The van der Waals surface area contributed by atoms with Gasteiger partial charge in [-0.3, -0.25) is 4.79 Å². The Bertz CT molecular complexity index is 658. The first-order chi connectivity index (χ1) is 10.2. The van der Waals surface area contributed by atoms with Crippen LogP contribution in [-0.4, -0.2) is 41.5 Å². The fourth-order valence-corrected chi connectivity index (χ4v) is 3.53. The molecule has 4 nitrogen and oxygen atoms in total. The van der Waals surface area contributed by atoms with E-state index in [1.165, 1.54) is 11.3 Å². The van der Waals surface area contributed by atoms with Gasteiger partial charge in [-0.05, 0) is 13.0 Å². The molecule has 2 aromatic rings. The van der Waals surface area contributed by atoms with Crippen molar-refractivity contribution in [3.8, 4) is 10.6 Å². The van der Waals surface area contributed by atoms with Crippen molar-refractivity contribution in [3.05, 3.63) is 40.4 Å². The number of aromatic nitrogens is 1. The molecule has 110 valence electrons. The zero-order chi connectivity index (χ0) is 14.8. The fourth-order valence-electron chi connectivity index (χ4n) is 2.42. The van der Waals surface area contributed by atoms with Gasteiger partial charge in [0.2, 0.25) is 0 Å². The maximum atomic E-state index is 12.5. The number of hydrogen-bond acceptors (Lipinski definition) is 4. The third kappa shape index (κ3) is 2.95. The molecule has 0 radical (unpaired) electrons. The largest absolute Gasteiger partial charge is 0.332 e. The van der Waals surface area contributed by atoms with E-state index in [4.69, 9.17) is 11.6 Å². The summed E-state index contributed by atoms with van der Waals surface area (Å²) in [6, 6.07) is 7.74. The zero-order valence-electron chi connectivity index (χ0n) is 11.7. The summed E-state index contributed by atoms with van der Waals surface area (Å²) in [7, 11) is 0. The smallest absolute Gasteiger partial charge is 0.273 e. The molecule has 1 N–H and O–H groups in total. The van der Waals surface area contributed by atoms with Gasteiger partial charge in [-0.25, -0.2) is 4.98 Å². The maximum Gasteiger partial charge on any atom is 0.273 e. The molecule has 0 unspecified atom stereocenters. The number of benzene rings is 1. The van der Waals surface area contributed by atoms with Crippen LogP contribution in [0, 0.1) is 0 Å². The predicted molar refractivity (Wildman–Crippen MR) is 85.9 cm³/mol. The minimum absolute atomic E-state index is 0.00134. The summed E-state index contributed by atoms with van der Waals surface area (Å²) in [6.45, 7) is 4.43. The Morgan fingerprint density at radius 1 is 1.48 bits per heavy atom. The lowest BCUT2D eigenvalue weighted by molar-refractivity contribution is 0.0650. The summed E-state index contributed by atoms with van der Waals surface area (Å²) in [5.74, 6) is -0.00134. The molecular formula is C15H16ClN3OS. The highest BCUT2D eigenvalue weighted by Gasteiger charge is 2.25. The van der Waals surface area contributed by atoms with Gasteiger partial charge in [-0.1, -0.05) is 29.8 Å². The van der Waals surface area contributed by atoms with Crippen LogP contribution in [0.25, 0.3) is 10.6 Å². The van der Waals surface area contributed by atoms with Gasteiger partial charge < -0.3 is 10.2 Å². The van der Waals surface area contributed by atoms with Crippen LogP contribution in [0.5, 0.6) is 0 Å². The summed E-state index contributed by atoms with van der Waals surface area (Å²) in [6.07, 6.45) is 0. The zero-order valence-corrected chi connectivity index (χ0v) is 13.2. The second-order valence-electron chi connectivity index (χ2n) is 5.07. The minimum atomic E-state index is -0.00134. The summed E-state index contributed by atoms with van der Waals surface area (Å²) >= 11 is 7.63. The van der Waals surface area contributed by atoms with E-state index < -0.39 is 0 Å². The van der Waals surface area contributed by atoms with Gasteiger partial charge in [0, 0.05) is 36.6 Å². The molecule has 21 heavy (non-hydrogen) atoms. The molecule has 1 aliphatic rings. The standard InChI is InChI=1S/C15H16ClN3OS/c1-10-8-17-6-7-19(10)15(20)13-9-21-14(18-13)11-4-2-3-5-12(11)16/h2-5,9-10,17H,6-8H2,1H3/t10-/m1/s1. The first-order valence-corrected chi connectivity index (χ1v) is 8.14. The van der Waals surface area contributed by atoms with Gasteiger partial charge in [-0.2, -0.15) is 0 Å². The Morgan fingerprint density at radius 2 is 2.29 bits per heavy atom.